The fourth-order valence-corrected chi connectivity index (χ4v) is 2.89. The topological polar surface area (TPSA) is 30.3 Å². The van der Waals surface area contributed by atoms with E-state index < -0.39 is 0 Å². The molecule has 2 fully saturated rings. The number of aromatic nitrogens is 2. The lowest BCUT2D eigenvalue weighted by Crippen LogP contribution is -2.42. The second-order valence-corrected chi connectivity index (χ2v) is 4.69. The lowest BCUT2D eigenvalue weighted by Gasteiger charge is -2.32. The highest BCUT2D eigenvalue weighted by atomic mass is 16.5. The molecule has 1 saturated carbocycles. The third kappa shape index (κ3) is 1.99. The van der Waals surface area contributed by atoms with Crippen LogP contribution in [0, 0.1) is 6.07 Å². The molecule has 16 heavy (non-hydrogen) atoms. The van der Waals surface area contributed by atoms with Crippen LogP contribution in [-0.2, 0) is 4.74 Å². The van der Waals surface area contributed by atoms with Crippen molar-refractivity contribution in [2.24, 2.45) is 0 Å². The van der Waals surface area contributed by atoms with Crippen molar-refractivity contribution in [2.45, 2.75) is 31.3 Å². The van der Waals surface area contributed by atoms with Gasteiger partial charge in [-0.05, 0) is 19.3 Å². The third-order valence-electron chi connectivity index (χ3n) is 3.79. The summed E-state index contributed by atoms with van der Waals surface area (Å²) in [6, 6.07) is 4.34. The Morgan fingerprint density at radius 1 is 1.19 bits per heavy atom. The normalized spacial score (nSPS) is 32.0. The van der Waals surface area contributed by atoms with Crippen LogP contribution in [0.5, 0.6) is 0 Å². The molecule has 0 N–H and O–H groups in total. The molecule has 1 saturated heterocycles. The van der Waals surface area contributed by atoms with Crippen molar-refractivity contribution in [3.8, 4) is 0 Å². The van der Waals surface area contributed by atoms with E-state index in [4.69, 9.17) is 4.74 Å². The largest absolute Gasteiger partial charge is 0.379 e. The van der Waals surface area contributed by atoms with Crippen LogP contribution >= 0.6 is 0 Å². The molecule has 2 atom stereocenters. The first-order chi connectivity index (χ1) is 7.93. The van der Waals surface area contributed by atoms with Crippen LogP contribution in [-0.4, -0.2) is 47.0 Å². The summed E-state index contributed by atoms with van der Waals surface area (Å²) in [5.74, 6) is 0. The summed E-state index contributed by atoms with van der Waals surface area (Å²) < 4.78 is 7.46. The number of hydrogen-bond acceptors (Lipinski definition) is 3. The summed E-state index contributed by atoms with van der Waals surface area (Å²) in [7, 11) is 0. The van der Waals surface area contributed by atoms with Crippen LogP contribution in [0.25, 0.3) is 0 Å². The molecule has 0 aromatic carbocycles. The lowest BCUT2D eigenvalue weighted by atomic mass is 10.2. The van der Waals surface area contributed by atoms with Gasteiger partial charge in [-0.1, -0.05) is 0 Å². The number of ether oxygens (including phenoxy) is 1. The number of hydrogen-bond donors (Lipinski definition) is 0. The first-order valence-corrected chi connectivity index (χ1v) is 6.15. The first kappa shape index (κ1) is 10.3. The van der Waals surface area contributed by atoms with E-state index in [0.717, 1.165) is 32.3 Å². The third-order valence-corrected chi connectivity index (χ3v) is 3.79. The van der Waals surface area contributed by atoms with Crippen LogP contribution in [0.15, 0.2) is 12.4 Å². The Kier molecular flexibility index (Phi) is 2.93. The monoisotopic (exact) mass is 220 g/mol. The second-order valence-electron chi connectivity index (χ2n) is 4.69. The lowest BCUT2D eigenvalue weighted by molar-refractivity contribution is 0.0172. The molecule has 4 nitrogen and oxygen atoms in total. The Balaban J connectivity index is 1.60. The molecule has 2 unspecified atom stereocenters. The summed E-state index contributed by atoms with van der Waals surface area (Å²) in [6.07, 6.45) is 7.49. The van der Waals surface area contributed by atoms with Gasteiger partial charge in [0, 0.05) is 31.4 Å². The average Bonchev–Trinajstić information content (AvgIpc) is 3.01. The van der Waals surface area contributed by atoms with Gasteiger partial charge in [0.05, 0.1) is 25.5 Å². The zero-order valence-electron chi connectivity index (χ0n) is 9.51. The summed E-state index contributed by atoms with van der Waals surface area (Å²) in [5.41, 5.74) is 0. The number of nitrogens with zero attached hydrogens (tertiary/aromatic N) is 3. The molecule has 2 aliphatic rings. The molecule has 4 heteroatoms. The maximum atomic E-state index is 5.39. The van der Waals surface area contributed by atoms with Crippen molar-refractivity contribution in [2.75, 3.05) is 26.3 Å². The summed E-state index contributed by atoms with van der Waals surface area (Å²) in [4.78, 5) is 2.58. The van der Waals surface area contributed by atoms with Crippen molar-refractivity contribution in [1.29, 1.82) is 0 Å². The van der Waals surface area contributed by atoms with E-state index in [1.807, 2.05) is 6.20 Å². The molecule has 1 aromatic heterocycles. The standard InChI is InChI=1S/C12H18N3O/c1-4-13-15(5-1)12-3-2-11(10-12)14-6-8-16-9-7-14/h4-5,11-12H,2-3,6-10H2. The molecule has 0 spiro atoms. The van der Waals surface area contributed by atoms with E-state index in [1.165, 1.54) is 19.3 Å². The number of morpholine rings is 1. The minimum absolute atomic E-state index is 0.582. The Labute approximate surface area is 96.2 Å². The molecule has 0 bridgehead atoms. The maximum Gasteiger partial charge on any atom is 0.0594 e. The van der Waals surface area contributed by atoms with Crippen molar-refractivity contribution < 1.29 is 4.74 Å². The van der Waals surface area contributed by atoms with Gasteiger partial charge in [0.1, 0.15) is 0 Å². The summed E-state index contributed by atoms with van der Waals surface area (Å²) in [6.45, 7) is 4.00. The van der Waals surface area contributed by atoms with Gasteiger partial charge in [0.2, 0.25) is 0 Å². The predicted molar refractivity (Wildman–Crippen MR) is 60.1 cm³/mol. The zero-order valence-corrected chi connectivity index (χ0v) is 9.51. The van der Waals surface area contributed by atoms with E-state index in [1.54, 1.807) is 6.20 Å². The van der Waals surface area contributed by atoms with Gasteiger partial charge < -0.3 is 4.74 Å². The zero-order chi connectivity index (χ0) is 10.8. The molecule has 1 aliphatic carbocycles. The van der Waals surface area contributed by atoms with Crippen molar-refractivity contribution in [1.82, 2.24) is 14.7 Å². The van der Waals surface area contributed by atoms with Crippen LogP contribution in [0.3, 0.4) is 0 Å². The SMILES string of the molecule is [c]1cnn(C2CCC(N3CCOCC3)C2)c1. The van der Waals surface area contributed by atoms with Gasteiger partial charge in [-0.2, -0.15) is 5.10 Å². The van der Waals surface area contributed by atoms with Crippen LogP contribution in [0.4, 0.5) is 0 Å². The van der Waals surface area contributed by atoms with E-state index in [0.29, 0.717) is 6.04 Å². The molecular formula is C12H18N3O. The highest BCUT2D eigenvalue weighted by Gasteiger charge is 2.30. The summed E-state index contributed by atoms with van der Waals surface area (Å²) >= 11 is 0. The molecule has 0 amide bonds. The van der Waals surface area contributed by atoms with Crippen molar-refractivity contribution in [3.63, 3.8) is 0 Å². The molecule has 1 aliphatic heterocycles. The van der Waals surface area contributed by atoms with Crippen molar-refractivity contribution >= 4 is 0 Å². The Bertz CT molecular complexity index is 319. The Hall–Kier alpha value is -0.870. The van der Waals surface area contributed by atoms with E-state index in [-0.39, 0.29) is 0 Å². The molecule has 3 rings (SSSR count). The molecule has 2 heterocycles. The maximum absolute atomic E-state index is 5.39. The fraction of sp³-hybridized carbons (Fsp3) is 0.750. The van der Waals surface area contributed by atoms with Gasteiger partial charge in [-0.25, -0.2) is 0 Å². The smallest absolute Gasteiger partial charge is 0.0594 e. The highest BCUT2D eigenvalue weighted by Crippen LogP contribution is 2.32. The van der Waals surface area contributed by atoms with E-state index in [9.17, 15) is 0 Å². The molecule has 1 radical (unpaired) electrons. The van der Waals surface area contributed by atoms with Crippen LogP contribution in [0.1, 0.15) is 25.3 Å². The molecule has 1 aromatic rings. The second kappa shape index (κ2) is 4.55. The molecule has 87 valence electrons. The van der Waals surface area contributed by atoms with Gasteiger partial charge in [-0.15, -0.1) is 0 Å². The quantitative estimate of drug-likeness (QED) is 0.748. The van der Waals surface area contributed by atoms with Gasteiger partial charge >= 0.3 is 0 Å². The van der Waals surface area contributed by atoms with Crippen LogP contribution < -0.4 is 0 Å². The Morgan fingerprint density at radius 2 is 2.00 bits per heavy atom. The van der Waals surface area contributed by atoms with Gasteiger partial charge in [0.25, 0.3) is 0 Å². The average molecular weight is 220 g/mol. The first-order valence-electron chi connectivity index (χ1n) is 6.15. The highest BCUT2D eigenvalue weighted by molar-refractivity contribution is 4.89. The van der Waals surface area contributed by atoms with Gasteiger partial charge in [0.15, 0.2) is 0 Å². The molecular weight excluding hydrogens is 202 g/mol. The van der Waals surface area contributed by atoms with Crippen molar-refractivity contribution in [3.05, 3.63) is 18.5 Å². The summed E-state index contributed by atoms with van der Waals surface area (Å²) in [5, 5.41) is 4.30. The minimum Gasteiger partial charge on any atom is -0.379 e. The minimum atomic E-state index is 0.582. The fourth-order valence-electron chi connectivity index (χ4n) is 2.89. The number of rotatable bonds is 2. The van der Waals surface area contributed by atoms with E-state index >= 15 is 0 Å². The van der Waals surface area contributed by atoms with Gasteiger partial charge in [-0.3, -0.25) is 9.58 Å². The van der Waals surface area contributed by atoms with E-state index in [2.05, 4.69) is 20.7 Å². The Morgan fingerprint density at radius 3 is 2.75 bits per heavy atom. The predicted octanol–water partition coefficient (Wildman–Crippen LogP) is 1.11. The van der Waals surface area contributed by atoms with Crippen LogP contribution in [0.2, 0.25) is 0 Å².